The van der Waals surface area contributed by atoms with Crippen LogP contribution in [0.15, 0.2) is 51.9 Å². The smallest absolute Gasteiger partial charge is 0.549 e. The summed E-state index contributed by atoms with van der Waals surface area (Å²) in [6.07, 6.45) is 6.01. The molecule has 0 N–H and O–H groups in total. The monoisotopic (exact) mass is 354 g/mol. The predicted molar refractivity (Wildman–Crippen MR) is 82.7 cm³/mol. The summed E-state index contributed by atoms with van der Waals surface area (Å²) < 4.78 is 4.89. The molecule has 1 atom stereocenters. The first-order valence-electron chi connectivity index (χ1n) is 6.37. The van der Waals surface area contributed by atoms with Crippen molar-refractivity contribution in [1.82, 2.24) is 9.97 Å². The van der Waals surface area contributed by atoms with E-state index in [9.17, 15) is 9.90 Å². The van der Waals surface area contributed by atoms with Gasteiger partial charge in [0, 0.05) is 16.6 Å². The Morgan fingerprint density at radius 3 is 2.83 bits per heavy atom. The van der Waals surface area contributed by atoms with E-state index in [0.717, 1.165) is 15.5 Å². The van der Waals surface area contributed by atoms with Gasteiger partial charge in [0.05, 0.1) is 17.6 Å². The minimum absolute atomic E-state index is 0. The minimum atomic E-state index is -1.23. The molecule has 0 aromatic carbocycles. The molecule has 23 heavy (non-hydrogen) atoms. The number of thiophene rings is 1. The summed E-state index contributed by atoms with van der Waals surface area (Å²) >= 11 is 3.10. The van der Waals surface area contributed by atoms with Gasteiger partial charge in [0.15, 0.2) is 6.39 Å². The Morgan fingerprint density at radius 2 is 2.26 bits per heavy atom. The van der Waals surface area contributed by atoms with Crippen molar-refractivity contribution >= 4 is 29.1 Å². The fourth-order valence-electron chi connectivity index (χ4n) is 2.19. The van der Waals surface area contributed by atoms with Gasteiger partial charge in [-0.1, -0.05) is 6.07 Å². The Kier molecular flexibility index (Phi) is 6.43. The first-order chi connectivity index (χ1) is 10.7. The zero-order valence-electron chi connectivity index (χ0n) is 12.6. The number of hydrogen-bond acceptors (Lipinski definition) is 7. The van der Waals surface area contributed by atoms with E-state index < -0.39 is 11.9 Å². The number of rotatable bonds is 5. The average Bonchev–Trinajstić information content (AvgIpc) is 3.20. The molecule has 3 aromatic rings. The molecular formula is C15H11N2NaO3S2. The largest absolute Gasteiger partial charge is 1.00 e. The van der Waals surface area contributed by atoms with Crippen LogP contribution in [-0.2, 0) is 4.79 Å². The van der Waals surface area contributed by atoms with Gasteiger partial charge in [0.1, 0.15) is 11.3 Å². The molecular weight excluding hydrogens is 343 g/mol. The Labute approximate surface area is 163 Å². The van der Waals surface area contributed by atoms with Crippen molar-refractivity contribution in [3.63, 3.8) is 0 Å². The van der Waals surface area contributed by atoms with Crippen LogP contribution in [0.1, 0.15) is 17.2 Å². The molecule has 0 fully saturated rings. The second-order valence-corrected chi connectivity index (χ2v) is 6.21. The van der Waals surface area contributed by atoms with Crippen molar-refractivity contribution in [2.24, 2.45) is 0 Å². The molecule has 0 aliphatic rings. The third-order valence-corrected chi connectivity index (χ3v) is 4.78. The van der Waals surface area contributed by atoms with Crippen molar-refractivity contribution in [3.8, 4) is 10.4 Å². The SMILES string of the molecule is CSc1ncc(C(C(=O)[O-])c2cocn2)cc1-c1cccs1.[Na+]. The number of pyridine rings is 1. The number of nitrogens with zero attached hydrogens (tertiary/aromatic N) is 2. The number of thioether (sulfide) groups is 1. The second kappa shape index (κ2) is 8.12. The summed E-state index contributed by atoms with van der Waals surface area (Å²) in [4.78, 5) is 20.9. The molecule has 1 unspecified atom stereocenters. The number of carbonyl (C=O) groups excluding carboxylic acids is 1. The molecule has 0 saturated carbocycles. The fourth-order valence-corrected chi connectivity index (χ4v) is 3.54. The summed E-state index contributed by atoms with van der Waals surface area (Å²) in [6.45, 7) is 0. The zero-order chi connectivity index (χ0) is 15.5. The van der Waals surface area contributed by atoms with Gasteiger partial charge in [-0.25, -0.2) is 9.97 Å². The maximum Gasteiger partial charge on any atom is 1.00 e. The van der Waals surface area contributed by atoms with Gasteiger partial charge in [-0.05, 0) is 29.3 Å². The van der Waals surface area contributed by atoms with Gasteiger partial charge in [-0.15, -0.1) is 23.1 Å². The van der Waals surface area contributed by atoms with E-state index >= 15 is 0 Å². The van der Waals surface area contributed by atoms with Crippen LogP contribution in [0.25, 0.3) is 10.4 Å². The van der Waals surface area contributed by atoms with Gasteiger partial charge < -0.3 is 14.3 Å². The Bertz CT molecular complexity index is 776. The van der Waals surface area contributed by atoms with Crippen LogP contribution in [0.5, 0.6) is 0 Å². The molecule has 3 aromatic heterocycles. The molecule has 0 aliphatic heterocycles. The molecule has 0 radical (unpaired) electrons. The number of carboxylic acid groups (broad SMARTS) is 1. The quantitative estimate of drug-likeness (QED) is 0.450. The van der Waals surface area contributed by atoms with Crippen LogP contribution >= 0.6 is 23.1 Å². The van der Waals surface area contributed by atoms with Crippen LogP contribution in [-0.4, -0.2) is 22.2 Å². The van der Waals surface area contributed by atoms with E-state index in [4.69, 9.17) is 4.42 Å². The van der Waals surface area contributed by atoms with Gasteiger partial charge in [-0.2, -0.15) is 0 Å². The van der Waals surface area contributed by atoms with Gasteiger partial charge in [0.2, 0.25) is 0 Å². The van der Waals surface area contributed by atoms with Crippen LogP contribution in [0.3, 0.4) is 0 Å². The maximum absolute atomic E-state index is 11.5. The molecule has 0 bridgehead atoms. The normalized spacial score (nSPS) is 11.7. The number of carboxylic acids is 1. The molecule has 3 rings (SSSR count). The van der Waals surface area contributed by atoms with E-state index in [-0.39, 0.29) is 29.6 Å². The first-order valence-corrected chi connectivity index (χ1v) is 8.48. The third-order valence-electron chi connectivity index (χ3n) is 3.17. The molecule has 0 saturated heterocycles. The second-order valence-electron chi connectivity index (χ2n) is 4.47. The standard InChI is InChI=1S/C15H12N2O3S2.Na/c1-21-14-10(12-3-2-4-22-12)5-9(6-16-14)13(15(18)19)11-7-20-8-17-11;/h2-8,13H,1H3,(H,18,19);/q;+1/p-1. The maximum atomic E-state index is 11.5. The molecule has 8 heteroatoms. The molecule has 0 aliphatic carbocycles. The first kappa shape index (κ1) is 18.2. The molecule has 112 valence electrons. The minimum Gasteiger partial charge on any atom is -0.549 e. The summed E-state index contributed by atoms with van der Waals surface area (Å²) in [5.74, 6) is -2.23. The van der Waals surface area contributed by atoms with Crippen molar-refractivity contribution in [2.75, 3.05) is 6.26 Å². The van der Waals surface area contributed by atoms with Crippen LogP contribution in [0.2, 0.25) is 0 Å². The Morgan fingerprint density at radius 1 is 1.43 bits per heavy atom. The van der Waals surface area contributed by atoms with Crippen molar-refractivity contribution in [3.05, 3.63) is 53.7 Å². The molecule has 5 nitrogen and oxygen atoms in total. The number of carbonyl (C=O) groups is 1. The predicted octanol–water partition coefficient (Wildman–Crippen LogP) is -0.594. The average molecular weight is 354 g/mol. The van der Waals surface area contributed by atoms with Gasteiger partial charge in [0.25, 0.3) is 0 Å². The van der Waals surface area contributed by atoms with Crippen LogP contribution in [0, 0.1) is 0 Å². The van der Waals surface area contributed by atoms with Gasteiger partial charge in [-0.3, -0.25) is 0 Å². The fraction of sp³-hybridized carbons (Fsp3) is 0.133. The van der Waals surface area contributed by atoms with Gasteiger partial charge >= 0.3 is 29.6 Å². The van der Waals surface area contributed by atoms with E-state index in [1.54, 1.807) is 17.5 Å². The number of aromatic nitrogens is 2. The zero-order valence-corrected chi connectivity index (χ0v) is 16.2. The summed E-state index contributed by atoms with van der Waals surface area (Å²) in [7, 11) is 0. The number of hydrogen-bond donors (Lipinski definition) is 0. The van der Waals surface area contributed by atoms with Crippen molar-refractivity contribution < 1.29 is 43.9 Å². The summed E-state index contributed by atoms with van der Waals surface area (Å²) in [6, 6.07) is 5.76. The Hall–Kier alpha value is -1.12. The van der Waals surface area contributed by atoms with E-state index in [2.05, 4.69) is 9.97 Å². The topological polar surface area (TPSA) is 79.0 Å². The van der Waals surface area contributed by atoms with E-state index in [1.807, 2.05) is 29.8 Å². The molecule has 0 spiro atoms. The van der Waals surface area contributed by atoms with Crippen LogP contribution in [0.4, 0.5) is 0 Å². The summed E-state index contributed by atoms with van der Waals surface area (Å²) in [5, 5.41) is 14.4. The molecule has 3 heterocycles. The van der Waals surface area contributed by atoms with E-state index in [0.29, 0.717) is 11.3 Å². The number of oxazole rings is 1. The number of aliphatic carboxylic acids is 1. The molecule has 0 amide bonds. The third kappa shape index (κ3) is 3.87. The van der Waals surface area contributed by atoms with Crippen molar-refractivity contribution in [2.45, 2.75) is 10.9 Å². The Balaban J connectivity index is 0.00000192. The van der Waals surface area contributed by atoms with Crippen LogP contribution < -0.4 is 34.7 Å². The summed E-state index contributed by atoms with van der Waals surface area (Å²) in [5.41, 5.74) is 1.74. The van der Waals surface area contributed by atoms with E-state index in [1.165, 1.54) is 24.4 Å². The van der Waals surface area contributed by atoms with Crippen molar-refractivity contribution in [1.29, 1.82) is 0 Å².